The van der Waals surface area contributed by atoms with E-state index in [1.54, 1.807) is 0 Å². The van der Waals surface area contributed by atoms with Crippen molar-refractivity contribution in [3.8, 4) is 0 Å². The number of halogens is 1. The van der Waals surface area contributed by atoms with Gasteiger partial charge in [-0.15, -0.1) is 0 Å². The Kier molecular flexibility index (Phi) is 4.43. The number of hydrogen-bond acceptors (Lipinski definition) is 8. The molecule has 2 heterocycles. The first-order valence-corrected chi connectivity index (χ1v) is 7.29. The Morgan fingerprint density at radius 3 is 2.65 bits per heavy atom. The predicted octanol–water partition coefficient (Wildman–Crippen LogP) is -0.983. The molecule has 9 heteroatoms. The lowest BCUT2D eigenvalue weighted by molar-refractivity contribution is -0.347. The average molecular weight is 346 g/mol. The summed E-state index contributed by atoms with van der Waals surface area (Å²) in [6.07, 6.45) is -6.24. The SMILES string of the molecule is OC[C@H]1O[C@H](OC2(O)C=Nc3cc(Cl)ccc32)[C@H](O)[C@@H](O)[C@@H]1O. The minimum absolute atomic E-state index is 0.291. The molecule has 1 fully saturated rings. The number of nitrogens with zero attached hydrogens (tertiary/aromatic N) is 1. The molecule has 0 amide bonds. The molecule has 1 unspecified atom stereocenters. The van der Waals surface area contributed by atoms with Gasteiger partial charge in [-0.25, -0.2) is 0 Å². The number of fused-ring (bicyclic) bond motifs is 1. The molecule has 2 aliphatic heterocycles. The van der Waals surface area contributed by atoms with Gasteiger partial charge < -0.3 is 35.0 Å². The molecule has 1 aromatic carbocycles. The van der Waals surface area contributed by atoms with Gasteiger partial charge in [-0.05, 0) is 18.2 Å². The van der Waals surface area contributed by atoms with E-state index in [1.807, 2.05) is 0 Å². The van der Waals surface area contributed by atoms with Gasteiger partial charge in [0, 0.05) is 10.6 Å². The number of aliphatic hydroxyl groups is 5. The summed E-state index contributed by atoms with van der Waals surface area (Å²) in [4.78, 5) is 3.99. The summed E-state index contributed by atoms with van der Waals surface area (Å²) in [5.74, 6) is -1.99. The van der Waals surface area contributed by atoms with Gasteiger partial charge in [-0.3, -0.25) is 4.99 Å². The third kappa shape index (κ3) is 2.88. The first-order valence-electron chi connectivity index (χ1n) is 6.91. The molecule has 2 aliphatic rings. The number of aliphatic imine (C=N–C) groups is 1. The molecule has 0 bridgehead atoms. The molecule has 0 aliphatic carbocycles. The van der Waals surface area contributed by atoms with E-state index in [4.69, 9.17) is 26.2 Å². The summed E-state index contributed by atoms with van der Waals surface area (Å²) in [5.41, 5.74) is 0.684. The molecule has 1 aromatic rings. The van der Waals surface area contributed by atoms with Crippen molar-refractivity contribution in [3.05, 3.63) is 28.8 Å². The number of ether oxygens (including phenoxy) is 2. The van der Waals surface area contributed by atoms with E-state index in [2.05, 4.69) is 4.99 Å². The van der Waals surface area contributed by atoms with Crippen LogP contribution in [-0.2, 0) is 15.3 Å². The highest BCUT2D eigenvalue weighted by Gasteiger charge is 2.48. The number of benzene rings is 1. The second kappa shape index (κ2) is 6.08. The summed E-state index contributed by atoms with van der Waals surface area (Å²) >= 11 is 5.85. The van der Waals surface area contributed by atoms with E-state index in [1.165, 1.54) is 18.2 Å². The summed E-state index contributed by atoms with van der Waals surface area (Å²) < 4.78 is 10.6. The molecule has 0 spiro atoms. The van der Waals surface area contributed by atoms with Gasteiger partial charge in [0.05, 0.1) is 18.5 Å². The Bertz CT molecular complexity index is 625. The maximum atomic E-state index is 10.6. The highest BCUT2D eigenvalue weighted by atomic mass is 35.5. The Labute approximate surface area is 136 Å². The van der Waals surface area contributed by atoms with Crippen molar-refractivity contribution < 1.29 is 35.0 Å². The molecular formula is C14H16ClNO7. The molecule has 8 nitrogen and oxygen atoms in total. The first-order chi connectivity index (χ1) is 10.9. The van der Waals surface area contributed by atoms with Gasteiger partial charge in [-0.1, -0.05) is 11.6 Å². The van der Waals surface area contributed by atoms with E-state index < -0.39 is 43.1 Å². The fraction of sp³-hybridized carbons (Fsp3) is 0.500. The smallest absolute Gasteiger partial charge is 0.234 e. The van der Waals surface area contributed by atoms with Gasteiger partial charge in [0.25, 0.3) is 0 Å². The van der Waals surface area contributed by atoms with Crippen molar-refractivity contribution in [1.29, 1.82) is 0 Å². The summed E-state index contributed by atoms with van der Waals surface area (Å²) in [5, 5.41) is 49.7. The van der Waals surface area contributed by atoms with Gasteiger partial charge in [0.2, 0.25) is 5.79 Å². The molecule has 5 N–H and O–H groups in total. The van der Waals surface area contributed by atoms with Crippen molar-refractivity contribution in [2.45, 2.75) is 36.5 Å². The molecular weight excluding hydrogens is 330 g/mol. The lowest BCUT2D eigenvalue weighted by Crippen LogP contribution is -2.60. The van der Waals surface area contributed by atoms with Crippen molar-refractivity contribution in [1.82, 2.24) is 0 Å². The second-order valence-corrected chi connectivity index (χ2v) is 5.87. The van der Waals surface area contributed by atoms with Crippen molar-refractivity contribution >= 4 is 23.5 Å². The zero-order chi connectivity index (χ0) is 16.8. The highest BCUT2D eigenvalue weighted by molar-refractivity contribution is 6.30. The van der Waals surface area contributed by atoms with Gasteiger partial charge in [-0.2, -0.15) is 0 Å². The molecule has 0 radical (unpaired) electrons. The third-order valence-corrected chi connectivity index (χ3v) is 4.10. The van der Waals surface area contributed by atoms with Gasteiger partial charge >= 0.3 is 0 Å². The molecule has 0 aromatic heterocycles. The summed E-state index contributed by atoms with van der Waals surface area (Å²) in [7, 11) is 0. The van der Waals surface area contributed by atoms with Crippen LogP contribution in [0, 0.1) is 0 Å². The maximum Gasteiger partial charge on any atom is 0.234 e. The van der Waals surface area contributed by atoms with E-state index in [9.17, 15) is 20.4 Å². The Hall–Kier alpha value is -1.10. The Balaban J connectivity index is 1.83. The van der Waals surface area contributed by atoms with Crippen LogP contribution >= 0.6 is 11.6 Å². The third-order valence-electron chi connectivity index (χ3n) is 3.87. The van der Waals surface area contributed by atoms with Crippen LogP contribution in [-0.4, -0.2) is 69.1 Å². The second-order valence-electron chi connectivity index (χ2n) is 5.43. The van der Waals surface area contributed by atoms with Crippen LogP contribution in [0.5, 0.6) is 0 Å². The minimum atomic E-state index is -1.99. The van der Waals surface area contributed by atoms with Crippen LogP contribution in [0.25, 0.3) is 0 Å². The van der Waals surface area contributed by atoms with Crippen LogP contribution in [0.1, 0.15) is 5.56 Å². The zero-order valence-electron chi connectivity index (χ0n) is 11.8. The number of hydrogen-bond donors (Lipinski definition) is 5. The van der Waals surface area contributed by atoms with Crippen LogP contribution in [0.3, 0.4) is 0 Å². The predicted molar refractivity (Wildman–Crippen MR) is 78.4 cm³/mol. The normalized spacial score (nSPS) is 39.5. The average Bonchev–Trinajstić information content (AvgIpc) is 2.84. The lowest BCUT2D eigenvalue weighted by Gasteiger charge is -2.41. The van der Waals surface area contributed by atoms with Crippen LogP contribution in [0.4, 0.5) is 5.69 Å². The van der Waals surface area contributed by atoms with E-state index in [0.717, 1.165) is 6.21 Å². The van der Waals surface area contributed by atoms with Crippen LogP contribution in [0.2, 0.25) is 5.02 Å². The minimum Gasteiger partial charge on any atom is -0.394 e. The number of rotatable bonds is 3. The fourth-order valence-electron chi connectivity index (χ4n) is 2.58. The maximum absolute atomic E-state index is 10.6. The Morgan fingerprint density at radius 1 is 1.22 bits per heavy atom. The molecule has 3 rings (SSSR count). The van der Waals surface area contributed by atoms with Crippen LogP contribution in [0.15, 0.2) is 23.2 Å². The van der Waals surface area contributed by atoms with Gasteiger partial charge in [0.15, 0.2) is 6.29 Å². The monoisotopic (exact) mass is 345 g/mol. The highest BCUT2D eigenvalue weighted by Crippen LogP contribution is 2.39. The molecule has 126 valence electrons. The largest absolute Gasteiger partial charge is 0.394 e. The number of aliphatic hydroxyl groups excluding tert-OH is 4. The van der Waals surface area contributed by atoms with E-state index in [0.29, 0.717) is 16.3 Å². The van der Waals surface area contributed by atoms with E-state index in [-0.39, 0.29) is 0 Å². The standard InChI is InChI=1S/C14H16ClNO7/c15-6-1-2-7-8(3-6)16-5-14(7,21)23-13-12(20)11(19)10(18)9(4-17)22-13/h1-3,5,9-13,17-21H,4H2/t9-,10-,11+,12-,13-,14?/m1/s1. The quantitative estimate of drug-likeness (QED) is 0.445. The van der Waals surface area contributed by atoms with Crippen molar-refractivity contribution in [2.24, 2.45) is 4.99 Å². The lowest BCUT2D eigenvalue weighted by atomic mass is 9.99. The van der Waals surface area contributed by atoms with Crippen molar-refractivity contribution in [2.75, 3.05) is 6.61 Å². The topological polar surface area (TPSA) is 132 Å². The molecule has 23 heavy (non-hydrogen) atoms. The Morgan fingerprint density at radius 2 is 1.96 bits per heavy atom. The zero-order valence-corrected chi connectivity index (χ0v) is 12.5. The van der Waals surface area contributed by atoms with Crippen LogP contribution < -0.4 is 0 Å². The molecule has 0 saturated carbocycles. The van der Waals surface area contributed by atoms with Gasteiger partial charge in [0.1, 0.15) is 24.4 Å². The molecule has 1 saturated heterocycles. The van der Waals surface area contributed by atoms with E-state index >= 15 is 0 Å². The molecule has 6 atom stereocenters. The summed E-state index contributed by atoms with van der Waals surface area (Å²) in [6, 6.07) is 4.58. The fourth-order valence-corrected chi connectivity index (χ4v) is 2.74. The first kappa shape index (κ1) is 16.7. The van der Waals surface area contributed by atoms with Crippen molar-refractivity contribution in [3.63, 3.8) is 0 Å². The summed E-state index contributed by atoms with van der Waals surface area (Å²) in [6.45, 7) is -0.594.